The maximum absolute atomic E-state index is 10.8. The van der Waals surface area contributed by atoms with Crippen LogP contribution in [0.3, 0.4) is 0 Å². The first-order valence-electron chi connectivity index (χ1n) is 6.37. The van der Waals surface area contributed by atoms with Gasteiger partial charge in [0.1, 0.15) is 0 Å². The van der Waals surface area contributed by atoms with E-state index in [0.717, 1.165) is 12.8 Å². The maximum atomic E-state index is 10.8. The molecule has 0 amide bonds. The van der Waals surface area contributed by atoms with Crippen LogP contribution in [-0.4, -0.2) is 17.9 Å². The quantitative estimate of drug-likeness (QED) is 0.338. The van der Waals surface area contributed by atoms with Crippen molar-refractivity contribution in [3.63, 3.8) is 0 Å². The molecule has 0 heterocycles. The summed E-state index contributed by atoms with van der Waals surface area (Å²) >= 11 is 3.55. The molecule has 0 saturated carbocycles. The van der Waals surface area contributed by atoms with Gasteiger partial charge in [0.05, 0.1) is 7.11 Å². The molecule has 0 saturated heterocycles. The molecule has 0 aromatic rings. The number of rotatable bonds is 10. The Morgan fingerprint density at radius 2 is 1.56 bits per heavy atom. The summed E-state index contributed by atoms with van der Waals surface area (Å²) in [5.41, 5.74) is 0. The molecule has 0 aromatic heterocycles. The van der Waals surface area contributed by atoms with Crippen LogP contribution in [0.4, 0.5) is 0 Å². The fraction of sp³-hybridized carbons (Fsp3) is 0.923. The summed E-state index contributed by atoms with van der Waals surface area (Å²) in [5, 5.41) is 0. The molecular formula is C13H25BrO2. The molecular weight excluding hydrogens is 268 g/mol. The van der Waals surface area contributed by atoms with Gasteiger partial charge in [0.2, 0.25) is 0 Å². The van der Waals surface area contributed by atoms with E-state index in [1.54, 1.807) is 0 Å². The largest absolute Gasteiger partial charge is 0.469 e. The van der Waals surface area contributed by atoms with Crippen LogP contribution < -0.4 is 0 Å². The average molecular weight is 293 g/mol. The topological polar surface area (TPSA) is 26.3 Å². The lowest BCUT2D eigenvalue weighted by molar-refractivity contribution is -0.140. The van der Waals surface area contributed by atoms with Crippen molar-refractivity contribution in [3.05, 3.63) is 0 Å². The summed E-state index contributed by atoms with van der Waals surface area (Å²) in [6, 6.07) is 0. The number of halogens is 1. The van der Waals surface area contributed by atoms with Gasteiger partial charge in [-0.05, 0) is 12.8 Å². The monoisotopic (exact) mass is 292 g/mol. The first kappa shape index (κ1) is 16.0. The summed E-state index contributed by atoms with van der Waals surface area (Å²) < 4.78 is 4.59. The zero-order valence-corrected chi connectivity index (χ0v) is 12.2. The summed E-state index contributed by atoms with van der Waals surface area (Å²) in [7, 11) is 1.45. The third kappa shape index (κ3) is 12.0. The molecule has 0 fully saturated rings. The maximum Gasteiger partial charge on any atom is 0.305 e. The van der Waals surface area contributed by atoms with Gasteiger partial charge < -0.3 is 4.74 Å². The second-order valence-corrected chi connectivity index (χ2v) is 5.93. The van der Waals surface area contributed by atoms with E-state index in [0.29, 0.717) is 11.2 Å². The highest BCUT2D eigenvalue weighted by Gasteiger charge is 1.99. The van der Waals surface area contributed by atoms with E-state index < -0.39 is 0 Å². The molecule has 1 atom stereocenters. The SMILES string of the molecule is COC(=O)CCCCCCCCCC(C)Br. The van der Waals surface area contributed by atoms with Gasteiger partial charge in [-0.15, -0.1) is 0 Å². The van der Waals surface area contributed by atoms with Crippen molar-refractivity contribution in [1.29, 1.82) is 0 Å². The van der Waals surface area contributed by atoms with E-state index in [2.05, 4.69) is 27.6 Å². The van der Waals surface area contributed by atoms with Crippen molar-refractivity contribution in [1.82, 2.24) is 0 Å². The Morgan fingerprint density at radius 3 is 2.06 bits per heavy atom. The molecule has 0 aliphatic heterocycles. The predicted molar refractivity (Wildman–Crippen MR) is 72.0 cm³/mol. The van der Waals surface area contributed by atoms with Gasteiger partial charge >= 0.3 is 5.97 Å². The number of methoxy groups -OCH3 is 1. The highest BCUT2D eigenvalue weighted by atomic mass is 79.9. The highest BCUT2D eigenvalue weighted by molar-refractivity contribution is 9.09. The number of esters is 1. The standard InChI is InChI=1S/C13H25BrO2/c1-12(14)10-8-6-4-3-5-7-9-11-13(15)16-2/h12H,3-11H2,1-2H3. The Hall–Kier alpha value is -0.0500. The van der Waals surface area contributed by atoms with E-state index >= 15 is 0 Å². The molecule has 0 bridgehead atoms. The molecule has 0 rings (SSSR count). The van der Waals surface area contributed by atoms with Gasteiger partial charge in [0, 0.05) is 11.2 Å². The first-order valence-corrected chi connectivity index (χ1v) is 7.29. The molecule has 0 radical (unpaired) electrons. The van der Waals surface area contributed by atoms with Crippen LogP contribution in [0.2, 0.25) is 0 Å². The molecule has 2 nitrogen and oxygen atoms in total. The summed E-state index contributed by atoms with van der Waals surface area (Å²) in [4.78, 5) is 11.5. The van der Waals surface area contributed by atoms with Gasteiger partial charge in [-0.25, -0.2) is 0 Å². The van der Waals surface area contributed by atoms with E-state index in [1.165, 1.54) is 45.6 Å². The van der Waals surface area contributed by atoms with Crippen molar-refractivity contribution in [2.24, 2.45) is 0 Å². The van der Waals surface area contributed by atoms with Crippen LogP contribution in [0.5, 0.6) is 0 Å². The summed E-state index contributed by atoms with van der Waals surface area (Å²) in [6.07, 6.45) is 10.5. The molecule has 3 heteroatoms. The van der Waals surface area contributed by atoms with Crippen molar-refractivity contribution < 1.29 is 9.53 Å². The van der Waals surface area contributed by atoms with Gasteiger partial charge in [0.25, 0.3) is 0 Å². The molecule has 0 N–H and O–H groups in total. The Morgan fingerprint density at radius 1 is 1.06 bits per heavy atom. The number of hydrogen-bond acceptors (Lipinski definition) is 2. The zero-order chi connectivity index (χ0) is 12.2. The Bertz CT molecular complexity index is 169. The lowest BCUT2D eigenvalue weighted by atomic mass is 10.1. The second-order valence-electron chi connectivity index (χ2n) is 4.37. The van der Waals surface area contributed by atoms with Crippen LogP contribution >= 0.6 is 15.9 Å². The smallest absolute Gasteiger partial charge is 0.305 e. The van der Waals surface area contributed by atoms with Crippen LogP contribution in [0.1, 0.15) is 64.7 Å². The first-order chi connectivity index (χ1) is 7.66. The minimum absolute atomic E-state index is 0.0775. The number of alkyl halides is 1. The van der Waals surface area contributed by atoms with Gasteiger partial charge in [-0.1, -0.05) is 61.4 Å². The second kappa shape index (κ2) is 11.4. The fourth-order valence-corrected chi connectivity index (χ4v) is 2.00. The number of hydrogen-bond donors (Lipinski definition) is 0. The van der Waals surface area contributed by atoms with Crippen LogP contribution in [-0.2, 0) is 9.53 Å². The van der Waals surface area contributed by atoms with Crippen molar-refractivity contribution in [2.45, 2.75) is 69.5 Å². The summed E-state index contributed by atoms with van der Waals surface area (Å²) in [5.74, 6) is -0.0775. The molecule has 0 spiro atoms. The number of ether oxygens (including phenoxy) is 1. The van der Waals surface area contributed by atoms with Crippen molar-refractivity contribution in [3.8, 4) is 0 Å². The Balaban J connectivity index is 3.01. The normalized spacial score (nSPS) is 12.4. The molecule has 0 aromatic carbocycles. The Kier molecular flexibility index (Phi) is 11.4. The van der Waals surface area contributed by atoms with E-state index in [1.807, 2.05) is 0 Å². The zero-order valence-electron chi connectivity index (χ0n) is 10.6. The van der Waals surface area contributed by atoms with Gasteiger partial charge in [-0.2, -0.15) is 0 Å². The third-order valence-corrected chi connectivity index (χ3v) is 3.17. The molecule has 96 valence electrons. The minimum atomic E-state index is -0.0775. The lowest BCUT2D eigenvalue weighted by Gasteiger charge is -2.03. The van der Waals surface area contributed by atoms with Crippen LogP contribution in [0.15, 0.2) is 0 Å². The predicted octanol–water partition coefficient (Wildman–Crippen LogP) is 4.45. The van der Waals surface area contributed by atoms with Gasteiger partial charge in [-0.3, -0.25) is 4.79 Å². The van der Waals surface area contributed by atoms with Crippen LogP contribution in [0, 0.1) is 0 Å². The van der Waals surface area contributed by atoms with E-state index in [4.69, 9.17) is 0 Å². The molecule has 1 unspecified atom stereocenters. The number of carbonyl (C=O) groups is 1. The number of unbranched alkanes of at least 4 members (excludes halogenated alkanes) is 6. The fourth-order valence-electron chi connectivity index (χ4n) is 1.68. The average Bonchev–Trinajstić information content (AvgIpc) is 2.26. The summed E-state index contributed by atoms with van der Waals surface area (Å²) in [6.45, 7) is 2.20. The van der Waals surface area contributed by atoms with Crippen molar-refractivity contribution in [2.75, 3.05) is 7.11 Å². The van der Waals surface area contributed by atoms with Crippen molar-refractivity contribution >= 4 is 21.9 Å². The van der Waals surface area contributed by atoms with Crippen LogP contribution in [0.25, 0.3) is 0 Å². The molecule has 16 heavy (non-hydrogen) atoms. The highest BCUT2D eigenvalue weighted by Crippen LogP contribution is 2.13. The Labute approximate surface area is 108 Å². The van der Waals surface area contributed by atoms with E-state index in [9.17, 15) is 4.79 Å². The lowest BCUT2D eigenvalue weighted by Crippen LogP contribution is -1.99. The van der Waals surface area contributed by atoms with Gasteiger partial charge in [0.15, 0.2) is 0 Å². The molecule has 0 aliphatic carbocycles. The molecule has 0 aliphatic rings. The number of carbonyl (C=O) groups excluding carboxylic acids is 1. The minimum Gasteiger partial charge on any atom is -0.469 e. The third-order valence-electron chi connectivity index (χ3n) is 2.71. The van der Waals surface area contributed by atoms with E-state index in [-0.39, 0.29) is 5.97 Å².